The predicted octanol–water partition coefficient (Wildman–Crippen LogP) is 3.38. The van der Waals surface area contributed by atoms with E-state index in [-0.39, 0.29) is 5.82 Å². The van der Waals surface area contributed by atoms with Crippen LogP contribution in [0.2, 0.25) is 0 Å². The first-order chi connectivity index (χ1) is 11.3. The Bertz CT molecular complexity index is 835. The van der Waals surface area contributed by atoms with E-state index < -0.39 is 0 Å². The first-order valence-corrected chi connectivity index (χ1v) is 8.66. The topological polar surface area (TPSA) is 41.9 Å². The summed E-state index contributed by atoms with van der Waals surface area (Å²) in [6.45, 7) is 1.73. The van der Waals surface area contributed by atoms with Crippen LogP contribution in [0.1, 0.15) is 0 Å². The van der Waals surface area contributed by atoms with E-state index in [1.54, 1.807) is 18.6 Å². The largest absolute Gasteiger partial charge is 0.367 e. The lowest BCUT2D eigenvalue weighted by Crippen LogP contribution is -2.33. The quantitative estimate of drug-likeness (QED) is 0.722. The molecule has 3 aromatic rings. The molecule has 1 aromatic carbocycles. The van der Waals surface area contributed by atoms with E-state index in [4.69, 9.17) is 0 Å². The van der Waals surface area contributed by atoms with E-state index in [1.165, 1.54) is 6.07 Å². The Morgan fingerprint density at radius 3 is 2.61 bits per heavy atom. The first kappa shape index (κ1) is 14.4. The molecule has 4 rings (SSSR count). The molecule has 6 heteroatoms. The molecular formula is C17H15FN4S. The molecule has 0 atom stereocenters. The Morgan fingerprint density at radius 1 is 1.04 bits per heavy atom. The average Bonchev–Trinajstić information content (AvgIpc) is 2.62. The molecule has 4 nitrogen and oxygen atoms in total. The summed E-state index contributed by atoms with van der Waals surface area (Å²) in [7, 11) is 0. The minimum atomic E-state index is -0.227. The summed E-state index contributed by atoms with van der Waals surface area (Å²) < 4.78 is 14.4. The van der Waals surface area contributed by atoms with Crippen molar-refractivity contribution in [2.75, 3.05) is 29.5 Å². The van der Waals surface area contributed by atoms with Crippen LogP contribution in [-0.2, 0) is 0 Å². The number of halogens is 1. The molecule has 0 N–H and O–H groups in total. The Balaban J connectivity index is 1.79. The molecular weight excluding hydrogens is 311 g/mol. The lowest BCUT2D eigenvalue weighted by Gasteiger charge is -2.28. The van der Waals surface area contributed by atoms with E-state index in [0.29, 0.717) is 16.7 Å². The van der Waals surface area contributed by atoms with Gasteiger partial charge in [0.2, 0.25) is 0 Å². The highest BCUT2D eigenvalue weighted by molar-refractivity contribution is 7.99. The van der Waals surface area contributed by atoms with Crippen molar-refractivity contribution in [1.82, 2.24) is 15.0 Å². The van der Waals surface area contributed by atoms with Crippen LogP contribution in [-0.4, -0.2) is 39.5 Å². The van der Waals surface area contributed by atoms with Crippen LogP contribution in [0, 0.1) is 5.82 Å². The molecule has 116 valence electrons. The van der Waals surface area contributed by atoms with Gasteiger partial charge in [-0.1, -0.05) is 0 Å². The van der Waals surface area contributed by atoms with Gasteiger partial charge in [-0.3, -0.25) is 9.97 Å². The molecule has 0 spiro atoms. The summed E-state index contributed by atoms with van der Waals surface area (Å²) in [6, 6.07) is 7.08. The number of nitrogens with zero attached hydrogens (tertiary/aromatic N) is 4. The van der Waals surface area contributed by atoms with Crippen LogP contribution >= 0.6 is 11.8 Å². The molecule has 0 radical (unpaired) electrons. The second-order valence-electron chi connectivity index (χ2n) is 5.38. The van der Waals surface area contributed by atoms with Crippen molar-refractivity contribution in [1.29, 1.82) is 0 Å². The van der Waals surface area contributed by atoms with E-state index in [0.717, 1.165) is 35.9 Å². The van der Waals surface area contributed by atoms with Gasteiger partial charge in [0.1, 0.15) is 5.82 Å². The summed E-state index contributed by atoms with van der Waals surface area (Å²) in [5.41, 5.74) is 3.64. The Morgan fingerprint density at radius 2 is 1.83 bits per heavy atom. The van der Waals surface area contributed by atoms with Gasteiger partial charge in [0.15, 0.2) is 0 Å². The molecule has 1 saturated heterocycles. The number of fused-ring (bicyclic) bond motifs is 1. The second kappa shape index (κ2) is 6.12. The number of rotatable bonds is 2. The SMILES string of the molecule is Fc1cc2ncc(-c3ccncc3)nc2cc1N1CCSCC1. The number of hydrogen-bond donors (Lipinski definition) is 0. The lowest BCUT2D eigenvalue weighted by molar-refractivity contribution is 0.621. The summed E-state index contributed by atoms with van der Waals surface area (Å²) in [5.74, 6) is 1.83. The van der Waals surface area contributed by atoms with Crippen molar-refractivity contribution in [2.45, 2.75) is 0 Å². The minimum Gasteiger partial charge on any atom is -0.367 e. The fourth-order valence-electron chi connectivity index (χ4n) is 2.73. The molecule has 3 heterocycles. The number of anilines is 1. The van der Waals surface area contributed by atoms with Crippen molar-refractivity contribution >= 4 is 28.5 Å². The maximum Gasteiger partial charge on any atom is 0.148 e. The van der Waals surface area contributed by atoms with Gasteiger partial charge in [-0.2, -0.15) is 11.8 Å². The number of aromatic nitrogens is 3. The van der Waals surface area contributed by atoms with Crippen molar-refractivity contribution in [3.05, 3.63) is 48.7 Å². The highest BCUT2D eigenvalue weighted by atomic mass is 32.2. The Hall–Kier alpha value is -2.21. The standard InChI is InChI=1S/C17H15FN4S/c18-13-9-14-15(10-17(13)22-5-7-23-8-6-22)21-16(11-20-14)12-1-3-19-4-2-12/h1-4,9-11H,5-8H2. The van der Waals surface area contributed by atoms with E-state index in [1.807, 2.05) is 30.0 Å². The molecule has 1 aliphatic heterocycles. The van der Waals surface area contributed by atoms with Gasteiger partial charge in [0, 0.05) is 48.6 Å². The van der Waals surface area contributed by atoms with Crippen molar-refractivity contribution < 1.29 is 4.39 Å². The zero-order valence-electron chi connectivity index (χ0n) is 12.4. The summed E-state index contributed by atoms with van der Waals surface area (Å²) in [6.07, 6.45) is 5.12. The smallest absolute Gasteiger partial charge is 0.148 e. The lowest BCUT2D eigenvalue weighted by atomic mass is 10.2. The molecule has 0 unspecified atom stereocenters. The zero-order chi connectivity index (χ0) is 15.6. The maximum absolute atomic E-state index is 14.4. The van der Waals surface area contributed by atoms with E-state index >= 15 is 0 Å². The monoisotopic (exact) mass is 326 g/mol. The van der Waals surface area contributed by atoms with Gasteiger partial charge < -0.3 is 4.90 Å². The van der Waals surface area contributed by atoms with Gasteiger partial charge in [0.25, 0.3) is 0 Å². The fraction of sp³-hybridized carbons (Fsp3) is 0.235. The van der Waals surface area contributed by atoms with Crippen molar-refractivity contribution in [3.63, 3.8) is 0 Å². The number of benzene rings is 1. The zero-order valence-corrected chi connectivity index (χ0v) is 13.3. The average molecular weight is 326 g/mol. The second-order valence-corrected chi connectivity index (χ2v) is 6.61. The van der Waals surface area contributed by atoms with E-state index in [9.17, 15) is 4.39 Å². The van der Waals surface area contributed by atoms with Gasteiger partial charge in [-0.25, -0.2) is 9.37 Å². The van der Waals surface area contributed by atoms with Crippen molar-refractivity contribution in [3.8, 4) is 11.3 Å². The fourth-order valence-corrected chi connectivity index (χ4v) is 3.63. The molecule has 0 bridgehead atoms. The number of hydrogen-bond acceptors (Lipinski definition) is 5. The molecule has 0 saturated carbocycles. The molecule has 1 aliphatic rings. The van der Waals surface area contributed by atoms with Crippen LogP contribution < -0.4 is 4.90 Å². The van der Waals surface area contributed by atoms with Crippen LogP contribution in [0.15, 0.2) is 42.9 Å². The van der Waals surface area contributed by atoms with Gasteiger partial charge in [-0.15, -0.1) is 0 Å². The number of pyridine rings is 1. The van der Waals surface area contributed by atoms with E-state index in [2.05, 4.69) is 19.9 Å². The predicted molar refractivity (Wildman–Crippen MR) is 92.3 cm³/mol. The van der Waals surface area contributed by atoms with Crippen LogP contribution in [0.25, 0.3) is 22.3 Å². The van der Waals surface area contributed by atoms with Gasteiger partial charge in [-0.05, 0) is 18.2 Å². The van der Waals surface area contributed by atoms with Crippen LogP contribution in [0.5, 0.6) is 0 Å². The highest BCUT2D eigenvalue weighted by Gasteiger charge is 2.17. The van der Waals surface area contributed by atoms with Gasteiger partial charge >= 0.3 is 0 Å². The minimum absolute atomic E-state index is 0.227. The molecule has 1 fully saturated rings. The molecule has 0 aliphatic carbocycles. The maximum atomic E-state index is 14.4. The van der Waals surface area contributed by atoms with Crippen LogP contribution in [0.4, 0.5) is 10.1 Å². The first-order valence-electron chi connectivity index (χ1n) is 7.51. The number of thioether (sulfide) groups is 1. The third-order valence-electron chi connectivity index (χ3n) is 3.94. The summed E-state index contributed by atoms with van der Waals surface area (Å²) in [5, 5.41) is 0. The van der Waals surface area contributed by atoms with Crippen molar-refractivity contribution in [2.24, 2.45) is 0 Å². The third kappa shape index (κ3) is 2.86. The summed E-state index contributed by atoms with van der Waals surface area (Å²) >= 11 is 1.90. The highest BCUT2D eigenvalue weighted by Crippen LogP contribution is 2.27. The third-order valence-corrected chi connectivity index (χ3v) is 4.88. The molecule has 2 aromatic heterocycles. The Kier molecular flexibility index (Phi) is 3.83. The normalized spacial score (nSPS) is 15.1. The Labute approximate surface area is 137 Å². The van der Waals surface area contributed by atoms with Gasteiger partial charge in [0.05, 0.1) is 28.6 Å². The molecule has 23 heavy (non-hydrogen) atoms. The summed E-state index contributed by atoms with van der Waals surface area (Å²) in [4.78, 5) is 15.1. The van der Waals surface area contributed by atoms with Crippen LogP contribution in [0.3, 0.4) is 0 Å². The molecule has 0 amide bonds.